The molecule has 1 saturated carbocycles. The van der Waals surface area contributed by atoms with Gasteiger partial charge in [0.05, 0.1) is 0 Å². The van der Waals surface area contributed by atoms with Crippen LogP contribution in [0.4, 0.5) is 0 Å². The molecule has 3 atom stereocenters. The van der Waals surface area contributed by atoms with Gasteiger partial charge in [0.1, 0.15) is 6.04 Å². The molecule has 13 heavy (non-hydrogen) atoms. The summed E-state index contributed by atoms with van der Waals surface area (Å²) in [7, 11) is 0. The molecule has 3 unspecified atom stereocenters. The van der Waals surface area contributed by atoms with E-state index in [2.05, 4.69) is 4.99 Å². The van der Waals surface area contributed by atoms with Crippen LogP contribution >= 0.6 is 0 Å². The zero-order chi connectivity index (χ0) is 9.00. The van der Waals surface area contributed by atoms with Crippen LogP contribution in [0.5, 0.6) is 0 Å². The Morgan fingerprint density at radius 1 is 1.46 bits per heavy atom. The average Bonchev–Trinajstić information content (AvgIpc) is 2.63. The highest BCUT2D eigenvalue weighted by Crippen LogP contribution is 2.43. The number of amides is 1. The van der Waals surface area contributed by atoms with Crippen molar-refractivity contribution in [1.29, 1.82) is 0 Å². The van der Waals surface area contributed by atoms with E-state index in [4.69, 9.17) is 5.73 Å². The summed E-state index contributed by atoms with van der Waals surface area (Å²) in [5.74, 6) is 1.68. The van der Waals surface area contributed by atoms with Crippen LogP contribution in [0, 0.1) is 11.8 Å². The van der Waals surface area contributed by atoms with Crippen molar-refractivity contribution in [3.8, 4) is 0 Å². The SMILES string of the molecule is NC1=NC(=O)C2C3CCCC3CN12. The van der Waals surface area contributed by atoms with E-state index >= 15 is 0 Å². The molecule has 3 rings (SSSR count). The molecule has 3 aliphatic rings. The van der Waals surface area contributed by atoms with Gasteiger partial charge in [0.25, 0.3) is 5.91 Å². The van der Waals surface area contributed by atoms with E-state index < -0.39 is 0 Å². The molecule has 0 aromatic rings. The van der Waals surface area contributed by atoms with Crippen LogP contribution < -0.4 is 5.73 Å². The van der Waals surface area contributed by atoms with E-state index in [-0.39, 0.29) is 11.9 Å². The van der Waals surface area contributed by atoms with E-state index in [0.29, 0.717) is 17.8 Å². The third-order valence-electron chi connectivity index (χ3n) is 3.66. The Bertz CT molecular complexity index is 299. The van der Waals surface area contributed by atoms with E-state index in [1.807, 2.05) is 4.90 Å². The predicted molar refractivity (Wildman–Crippen MR) is 48.0 cm³/mol. The Morgan fingerprint density at radius 2 is 2.31 bits per heavy atom. The molecule has 0 radical (unpaired) electrons. The lowest BCUT2D eigenvalue weighted by molar-refractivity contribution is -0.120. The minimum absolute atomic E-state index is 0.00694. The molecule has 2 fully saturated rings. The fourth-order valence-corrected chi connectivity index (χ4v) is 3.10. The number of hydrogen-bond acceptors (Lipinski definition) is 3. The number of nitrogens with two attached hydrogens (primary N) is 1. The van der Waals surface area contributed by atoms with Gasteiger partial charge in [-0.25, -0.2) is 0 Å². The van der Waals surface area contributed by atoms with Gasteiger partial charge in [-0.2, -0.15) is 4.99 Å². The number of guanidine groups is 1. The van der Waals surface area contributed by atoms with Gasteiger partial charge in [0, 0.05) is 6.54 Å². The minimum Gasteiger partial charge on any atom is -0.369 e. The van der Waals surface area contributed by atoms with E-state index in [0.717, 1.165) is 6.54 Å². The van der Waals surface area contributed by atoms with Crippen molar-refractivity contribution in [3.63, 3.8) is 0 Å². The van der Waals surface area contributed by atoms with E-state index in [1.54, 1.807) is 0 Å². The summed E-state index contributed by atoms with van der Waals surface area (Å²) in [6, 6.07) is 0.00694. The second-order valence-electron chi connectivity index (χ2n) is 4.26. The van der Waals surface area contributed by atoms with Crippen molar-refractivity contribution in [2.24, 2.45) is 22.6 Å². The lowest BCUT2D eigenvalue weighted by Crippen LogP contribution is -2.39. The molecule has 2 N–H and O–H groups in total. The van der Waals surface area contributed by atoms with Crippen LogP contribution in [0.2, 0.25) is 0 Å². The summed E-state index contributed by atoms with van der Waals surface area (Å²) in [4.78, 5) is 17.3. The van der Waals surface area contributed by atoms with Crippen molar-refractivity contribution in [2.45, 2.75) is 25.3 Å². The zero-order valence-corrected chi connectivity index (χ0v) is 7.44. The normalized spacial score (nSPS) is 42.2. The maximum Gasteiger partial charge on any atom is 0.271 e. The first kappa shape index (κ1) is 7.35. The maximum atomic E-state index is 11.5. The van der Waals surface area contributed by atoms with Crippen molar-refractivity contribution in [1.82, 2.24) is 4.90 Å². The van der Waals surface area contributed by atoms with Crippen molar-refractivity contribution >= 4 is 11.9 Å². The second-order valence-corrected chi connectivity index (χ2v) is 4.26. The van der Waals surface area contributed by atoms with Crippen molar-refractivity contribution in [2.75, 3.05) is 6.54 Å². The molecule has 0 spiro atoms. The molecule has 0 aromatic heterocycles. The number of rotatable bonds is 0. The molecule has 4 heteroatoms. The van der Waals surface area contributed by atoms with Gasteiger partial charge in [-0.15, -0.1) is 0 Å². The number of nitrogens with zero attached hydrogens (tertiary/aromatic N) is 2. The first-order valence-electron chi connectivity index (χ1n) is 4.92. The van der Waals surface area contributed by atoms with E-state index in [9.17, 15) is 4.79 Å². The predicted octanol–water partition coefficient (Wildman–Crippen LogP) is -0.0582. The van der Waals surface area contributed by atoms with Gasteiger partial charge >= 0.3 is 0 Å². The van der Waals surface area contributed by atoms with Gasteiger partial charge in [-0.05, 0) is 24.7 Å². The second kappa shape index (κ2) is 2.25. The van der Waals surface area contributed by atoms with Crippen molar-refractivity contribution < 1.29 is 4.79 Å². The molecular weight excluding hydrogens is 166 g/mol. The Balaban J connectivity index is 1.95. The Kier molecular flexibility index (Phi) is 1.27. The third-order valence-corrected chi connectivity index (χ3v) is 3.66. The maximum absolute atomic E-state index is 11.5. The Labute approximate surface area is 76.8 Å². The quantitative estimate of drug-likeness (QED) is 0.567. The van der Waals surface area contributed by atoms with Gasteiger partial charge in [-0.1, -0.05) is 6.42 Å². The molecular formula is C9H13N3O. The van der Waals surface area contributed by atoms with E-state index in [1.165, 1.54) is 19.3 Å². The average molecular weight is 179 g/mol. The Morgan fingerprint density at radius 3 is 3.15 bits per heavy atom. The molecule has 2 aliphatic heterocycles. The van der Waals surface area contributed by atoms with Crippen molar-refractivity contribution in [3.05, 3.63) is 0 Å². The van der Waals surface area contributed by atoms with Gasteiger partial charge in [0.2, 0.25) is 0 Å². The zero-order valence-electron chi connectivity index (χ0n) is 7.44. The lowest BCUT2D eigenvalue weighted by Gasteiger charge is -2.18. The molecule has 0 aromatic carbocycles. The molecule has 4 nitrogen and oxygen atoms in total. The standard InChI is InChI=1S/C9H13N3O/c10-9-11-8(13)7-6-3-1-2-5(6)4-12(7)9/h5-7H,1-4H2,(H2,10,11,13). The summed E-state index contributed by atoms with van der Waals surface area (Å²) in [5, 5.41) is 0. The summed E-state index contributed by atoms with van der Waals surface area (Å²) in [6.45, 7) is 0.955. The molecule has 2 heterocycles. The van der Waals surface area contributed by atoms with Crippen LogP contribution in [0.1, 0.15) is 19.3 Å². The summed E-state index contributed by atoms with van der Waals surface area (Å²) < 4.78 is 0. The number of carbonyl (C=O) groups is 1. The van der Waals surface area contributed by atoms with Gasteiger partial charge in [-0.3, -0.25) is 4.79 Å². The van der Waals surface area contributed by atoms with Crippen LogP contribution in [0.25, 0.3) is 0 Å². The third kappa shape index (κ3) is 0.806. The monoisotopic (exact) mass is 179 g/mol. The number of hydrogen-bond donors (Lipinski definition) is 1. The van der Waals surface area contributed by atoms with Gasteiger partial charge < -0.3 is 10.6 Å². The summed E-state index contributed by atoms with van der Waals surface area (Å²) in [5.41, 5.74) is 5.67. The van der Waals surface area contributed by atoms with Crippen LogP contribution in [0.15, 0.2) is 4.99 Å². The van der Waals surface area contributed by atoms with Gasteiger partial charge in [0.15, 0.2) is 5.96 Å². The summed E-state index contributed by atoms with van der Waals surface area (Å²) in [6.07, 6.45) is 3.71. The highest BCUT2D eigenvalue weighted by molar-refractivity contribution is 6.02. The molecule has 70 valence electrons. The first-order valence-corrected chi connectivity index (χ1v) is 4.92. The van der Waals surface area contributed by atoms with Crippen LogP contribution in [-0.2, 0) is 4.79 Å². The lowest BCUT2D eigenvalue weighted by atomic mass is 9.94. The topological polar surface area (TPSA) is 58.7 Å². The Hall–Kier alpha value is -1.06. The fraction of sp³-hybridized carbons (Fsp3) is 0.778. The summed E-state index contributed by atoms with van der Waals surface area (Å²) >= 11 is 0. The number of aliphatic imine (C=N–C) groups is 1. The smallest absolute Gasteiger partial charge is 0.271 e. The number of fused-ring (bicyclic) bond motifs is 3. The van der Waals surface area contributed by atoms with Crippen LogP contribution in [0.3, 0.4) is 0 Å². The largest absolute Gasteiger partial charge is 0.369 e. The minimum atomic E-state index is -0.00750. The highest BCUT2D eigenvalue weighted by atomic mass is 16.2. The number of carbonyl (C=O) groups excluding carboxylic acids is 1. The molecule has 1 amide bonds. The highest BCUT2D eigenvalue weighted by Gasteiger charge is 2.51. The fourth-order valence-electron chi connectivity index (χ4n) is 3.10. The molecule has 1 aliphatic carbocycles. The van der Waals surface area contributed by atoms with Crippen LogP contribution in [-0.4, -0.2) is 29.4 Å². The molecule has 0 bridgehead atoms. The first-order chi connectivity index (χ1) is 6.27. The molecule has 1 saturated heterocycles.